The molecule has 0 bridgehead atoms. The van der Waals surface area contributed by atoms with Gasteiger partial charge in [0.2, 0.25) is 5.13 Å². The van der Waals surface area contributed by atoms with E-state index in [1.807, 2.05) is 0 Å². The van der Waals surface area contributed by atoms with Crippen LogP contribution in [0.25, 0.3) is 5.57 Å². The summed E-state index contributed by atoms with van der Waals surface area (Å²) in [6, 6.07) is 10.7. The van der Waals surface area contributed by atoms with Crippen LogP contribution in [0.3, 0.4) is 0 Å². The molecule has 0 radical (unpaired) electrons. The lowest BCUT2D eigenvalue weighted by atomic mass is 10.00. The predicted octanol–water partition coefficient (Wildman–Crippen LogP) is 3.85. The monoisotopic (exact) mass is 390 g/mol. The minimum atomic E-state index is 0. The van der Waals surface area contributed by atoms with Crippen molar-refractivity contribution in [2.45, 2.75) is 10.8 Å². The van der Waals surface area contributed by atoms with Gasteiger partial charge in [-0.15, -0.1) is 35.0 Å². The average Bonchev–Trinajstić information content (AvgIpc) is 2.94. The zero-order valence-electron chi connectivity index (χ0n) is 12.6. The molecule has 4 nitrogen and oxygen atoms in total. The molecule has 0 amide bonds. The maximum Gasteiger partial charge on any atom is 0.203 e. The molecule has 0 saturated carbocycles. The summed E-state index contributed by atoms with van der Waals surface area (Å²) in [6.45, 7) is 3.23. The standard InChI is InChI=1S/C15H18N4S2.2ClH/c16-14-17-18-15(21-14)20-11-10-19-8-6-13(7-9-19)12-4-2-1-3-5-12;;/h1-6H,7-11H2,(H2,16,17);2*1H. The summed E-state index contributed by atoms with van der Waals surface area (Å²) >= 11 is 3.19. The Morgan fingerprint density at radius 1 is 1.17 bits per heavy atom. The maximum atomic E-state index is 5.58. The van der Waals surface area contributed by atoms with Gasteiger partial charge in [-0.25, -0.2) is 0 Å². The van der Waals surface area contributed by atoms with Crippen molar-refractivity contribution >= 4 is 58.6 Å². The van der Waals surface area contributed by atoms with E-state index in [2.05, 4.69) is 51.5 Å². The van der Waals surface area contributed by atoms with Gasteiger partial charge in [0.15, 0.2) is 4.34 Å². The number of rotatable bonds is 5. The first-order valence-corrected chi connectivity index (χ1v) is 8.80. The van der Waals surface area contributed by atoms with Gasteiger partial charge in [-0.3, -0.25) is 4.90 Å². The van der Waals surface area contributed by atoms with Gasteiger partial charge in [-0.2, -0.15) is 0 Å². The quantitative estimate of drug-likeness (QED) is 0.785. The van der Waals surface area contributed by atoms with Gasteiger partial charge in [0, 0.05) is 25.4 Å². The summed E-state index contributed by atoms with van der Waals surface area (Å²) < 4.78 is 0.963. The molecule has 0 aliphatic carbocycles. The fraction of sp³-hybridized carbons (Fsp3) is 0.333. The highest BCUT2D eigenvalue weighted by atomic mass is 35.5. The third-order valence-corrected chi connectivity index (χ3v) is 5.36. The van der Waals surface area contributed by atoms with Gasteiger partial charge in [-0.05, 0) is 17.6 Å². The molecule has 1 aliphatic rings. The van der Waals surface area contributed by atoms with Crippen LogP contribution in [0.15, 0.2) is 40.7 Å². The van der Waals surface area contributed by atoms with Crippen molar-refractivity contribution in [3.63, 3.8) is 0 Å². The molecule has 0 atom stereocenters. The van der Waals surface area contributed by atoms with Crippen molar-refractivity contribution in [2.75, 3.05) is 31.1 Å². The molecular weight excluding hydrogens is 371 g/mol. The van der Waals surface area contributed by atoms with E-state index < -0.39 is 0 Å². The van der Waals surface area contributed by atoms with Crippen LogP contribution < -0.4 is 5.73 Å². The van der Waals surface area contributed by atoms with E-state index in [-0.39, 0.29) is 24.8 Å². The normalized spacial score (nSPS) is 14.5. The third-order valence-electron chi connectivity index (χ3n) is 3.49. The molecule has 0 fully saturated rings. The molecule has 23 heavy (non-hydrogen) atoms. The van der Waals surface area contributed by atoms with Crippen LogP contribution in [0.1, 0.15) is 12.0 Å². The fourth-order valence-corrected chi connectivity index (χ4v) is 4.08. The molecule has 0 saturated heterocycles. The molecule has 1 aliphatic heterocycles. The minimum absolute atomic E-state index is 0. The Kier molecular flexibility index (Phi) is 8.94. The maximum absolute atomic E-state index is 5.58. The fourth-order valence-electron chi connectivity index (χ4n) is 2.37. The van der Waals surface area contributed by atoms with Crippen LogP contribution in [0.4, 0.5) is 5.13 Å². The number of nitrogens with two attached hydrogens (primary N) is 1. The Bertz CT molecular complexity index is 619. The van der Waals surface area contributed by atoms with Crippen LogP contribution in [0.2, 0.25) is 0 Å². The van der Waals surface area contributed by atoms with E-state index in [1.54, 1.807) is 11.8 Å². The SMILES string of the molecule is Cl.Cl.Nc1nnc(SCCN2CC=C(c3ccccc3)CC2)s1. The molecule has 1 aromatic carbocycles. The topological polar surface area (TPSA) is 55.0 Å². The Morgan fingerprint density at radius 3 is 2.57 bits per heavy atom. The van der Waals surface area contributed by atoms with E-state index in [0.29, 0.717) is 5.13 Å². The molecule has 3 rings (SSSR count). The van der Waals surface area contributed by atoms with Crippen molar-refractivity contribution in [3.05, 3.63) is 42.0 Å². The summed E-state index contributed by atoms with van der Waals surface area (Å²) in [6.07, 6.45) is 3.48. The van der Waals surface area contributed by atoms with Crippen LogP contribution >= 0.6 is 47.9 Å². The van der Waals surface area contributed by atoms with E-state index in [9.17, 15) is 0 Å². The van der Waals surface area contributed by atoms with Crippen molar-refractivity contribution in [1.82, 2.24) is 15.1 Å². The summed E-state index contributed by atoms with van der Waals surface area (Å²) in [5.41, 5.74) is 8.40. The van der Waals surface area contributed by atoms with Gasteiger partial charge in [0.05, 0.1) is 0 Å². The summed E-state index contributed by atoms with van der Waals surface area (Å²) in [5, 5.41) is 8.40. The van der Waals surface area contributed by atoms with Gasteiger partial charge in [-0.1, -0.05) is 59.5 Å². The molecule has 0 spiro atoms. The number of halogens is 2. The summed E-state index contributed by atoms with van der Waals surface area (Å²) in [5.74, 6) is 1.03. The van der Waals surface area contributed by atoms with E-state index in [4.69, 9.17) is 5.73 Å². The minimum Gasteiger partial charge on any atom is -0.374 e. The van der Waals surface area contributed by atoms with Crippen LogP contribution in [-0.2, 0) is 0 Å². The summed E-state index contributed by atoms with van der Waals surface area (Å²) in [4.78, 5) is 2.48. The second kappa shape index (κ2) is 10.2. The number of aromatic nitrogens is 2. The van der Waals surface area contributed by atoms with Crippen LogP contribution in [-0.4, -0.2) is 40.5 Å². The zero-order chi connectivity index (χ0) is 14.5. The lowest BCUT2D eigenvalue weighted by molar-refractivity contribution is 0.321. The average molecular weight is 391 g/mol. The van der Waals surface area contributed by atoms with Gasteiger partial charge in [0.25, 0.3) is 0 Å². The smallest absolute Gasteiger partial charge is 0.203 e. The number of nitrogens with zero attached hydrogens (tertiary/aromatic N) is 3. The third kappa shape index (κ3) is 5.97. The molecule has 8 heteroatoms. The first-order valence-electron chi connectivity index (χ1n) is 7.00. The lowest BCUT2D eigenvalue weighted by Gasteiger charge is -2.26. The molecule has 2 N–H and O–H groups in total. The second-order valence-electron chi connectivity index (χ2n) is 4.90. The number of benzene rings is 1. The van der Waals surface area contributed by atoms with E-state index in [0.717, 1.165) is 36.1 Å². The van der Waals surface area contributed by atoms with E-state index >= 15 is 0 Å². The first-order chi connectivity index (χ1) is 10.3. The molecule has 0 unspecified atom stereocenters. The zero-order valence-corrected chi connectivity index (χ0v) is 15.8. The Morgan fingerprint density at radius 2 is 1.96 bits per heavy atom. The first kappa shape index (κ1) is 20.3. The summed E-state index contributed by atoms with van der Waals surface area (Å²) in [7, 11) is 0. The molecular formula is C15H20Cl2N4S2. The molecule has 1 aromatic heterocycles. The van der Waals surface area contributed by atoms with Gasteiger partial charge < -0.3 is 5.73 Å². The van der Waals surface area contributed by atoms with E-state index in [1.165, 1.54) is 22.5 Å². The van der Waals surface area contributed by atoms with Crippen molar-refractivity contribution in [3.8, 4) is 0 Å². The highest BCUT2D eigenvalue weighted by molar-refractivity contribution is 8.01. The Hall–Kier alpha value is -0.790. The second-order valence-corrected chi connectivity index (χ2v) is 7.25. The number of thioether (sulfide) groups is 1. The molecule has 2 aromatic rings. The van der Waals surface area contributed by atoms with Crippen molar-refractivity contribution < 1.29 is 0 Å². The highest BCUT2D eigenvalue weighted by Gasteiger charge is 2.12. The number of anilines is 1. The van der Waals surface area contributed by atoms with Gasteiger partial charge in [0.1, 0.15) is 0 Å². The number of hydrogen-bond acceptors (Lipinski definition) is 6. The highest BCUT2D eigenvalue weighted by Crippen LogP contribution is 2.25. The lowest BCUT2D eigenvalue weighted by Crippen LogP contribution is -2.30. The molecule has 2 heterocycles. The van der Waals surface area contributed by atoms with Crippen LogP contribution in [0.5, 0.6) is 0 Å². The van der Waals surface area contributed by atoms with Crippen molar-refractivity contribution in [2.24, 2.45) is 0 Å². The number of hydrogen-bond donors (Lipinski definition) is 1. The largest absolute Gasteiger partial charge is 0.374 e. The number of nitrogen functional groups attached to an aromatic ring is 1. The Balaban J connectivity index is 0.00000132. The predicted molar refractivity (Wildman–Crippen MR) is 105 cm³/mol. The van der Waals surface area contributed by atoms with Crippen molar-refractivity contribution in [1.29, 1.82) is 0 Å². The molecule has 126 valence electrons. The van der Waals surface area contributed by atoms with Crippen LogP contribution in [0, 0.1) is 0 Å². The Labute approximate surface area is 157 Å². The van der Waals surface area contributed by atoms with Gasteiger partial charge >= 0.3 is 0 Å².